The molecule has 4 rings (SSSR count). The molecule has 5 nitrogen and oxygen atoms in total. The number of rotatable bonds is 2. The van der Waals surface area contributed by atoms with Crippen molar-refractivity contribution in [2.24, 2.45) is 0 Å². The zero-order chi connectivity index (χ0) is 7.74. The first-order chi connectivity index (χ1) is 5.14. The number of phosphoric ester groups is 1. The van der Waals surface area contributed by atoms with Gasteiger partial charge in [0.2, 0.25) is 0 Å². The smallest absolute Gasteiger partial charge is 0.280 e. The van der Waals surface area contributed by atoms with E-state index in [1.165, 1.54) is 0 Å². The lowest BCUT2D eigenvalue weighted by atomic mass is 10.2. The van der Waals surface area contributed by atoms with Crippen LogP contribution in [0.2, 0.25) is 0 Å². The fourth-order valence-corrected chi connectivity index (χ4v) is 2.97. The van der Waals surface area contributed by atoms with Crippen molar-refractivity contribution < 1.29 is 22.9 Å². The third-order valence-electron chi connectivity index (χ3n) is 1.86. The molecule has 6 heteroatoms. The van der Waals surface area contributed by atoms with Crippen LogP contribution in [-0.2, 0) is 22.9 Å². The highest BCUT2D eigenvalue weighted by molar-refractivity contribution is 7.50. The Morgan fingerprint density at radius 2 is 2.18 bits per heavy atom. The Hall–Kier alpha value is -0.190. The third kappa shape index (κ3) is 0.494. The van der Waals surface area contributed by atoms with Crippen LogP contribution in [0.3, 0.4) is 0 Å². The van der Waals surface area contributed by atoms with Crippen molar-refractivity contribution in [1.29, 1.82) is 0 Å². The molecule has 0 saturated carbocycles. The first-order valence-corrected chi connectivity index (χ1v) is 4.63. The van der Waals surface area contributed by atoms with Gasteiger partial charge in [-0.2, -0.15) is 0 Å². The van der Waals surface area contributed by atoms with Crippen LogP contribution >= 0.6 is 7.82 Å². The first kappa shape index (κ1) is 6.34. The minimum absolute atomic E-state index is 0.428. The van der Waals surface area contributed by atoms with Crippen molar-refractivity contribution in [3.8, 4) is 0 Å². The maximum absolute atomic E-state index is 11.0. The summed E-state index contributed by atoms with van der Waals surface area (Å²) in [5.74, 6) is -2.08. The predicted octanol–water partition coefficient (Wildman–Crippen LogP) is 1.13. The first-order valence-electron chi connectivity index (χ1n) is 3.17. The van der Waals surface area contributed by atoms with Crippen LogP contribution in [0.1, 0.15) is 6.42 Å². The van der Waals surface area contributed by atoms with Gasteiger partial charge in [0, 0.05) is 6.42 Å². The Balaban J connectivity index is 1.97. The highest BCUT2D eigenvalue weighted by Gasteiger charge is 2.95. The summed E-state index contributed by atoms with van der Waals surface area (Å²) < 4.78 is 30.5. The minimum Gasteiger partial charge on any atom is -0.280 e. The van der Waals surface area contributed by atoms with E-state index in [0.29, 0.717) is 6.42 Å². The van der Waals surface area contributed by atoms with Gasteiger partial charge < -0.3 is 0 Å². The van der Waals surface area contributed by atoms with Gasteiger partial charge in [0.1, 0.15) is 0 Å². The maximum atomic E-state index is 11.0. The largest absolute Gasteiger partial charge is 0.486 e. The second-order valence-electron chi connectivity index (χ2n) is 2.63. The van der Waals surface area contributed by atoms with Crippen molar-refractivity contribution in [1.82, 2.24) is 0 Å². The normalized spacial score (nSPS) is 63.3. The molecule has 60 valence electrons. The van der Waals surface area contributed by atoms with Crippen molar-refractivity contribution in [2.75, 3.05) is 0 Å². The average Bonchev–Trinajstić information content (AvgIpc) is 2.23. The number of ether oxygens (including phenoxy) is 1. The predicted molar refractivity (Wildman–Crippen MR) is 32.2 cm³/mol. The molecule has 1 unspecified atom stereocenters. The van der Waals surface area contributed by atoms with Crippen LogP contribution in [0, 0.1) is 0 Å². The van der Waals surface area contributed by atoms with Crippen LogP contribution in [0.5, 0.6) is 0 Å². The van der Waals surface area contributed by atoms with Gasteiger partial charge in [-0.05, 0) is 0 Å². The van der Waals surface area contributed by atoms with E-state index in [9.17, 15) is 4.57 Å². The quantitative estimate of drug-likeness (QED) is 0.358. The molecule has 0 aromatic carbocycles. The molecule has 0 aromatic heterocycles. The number of hydrogen-bond donors (Lipinski definition) is 0. The Morgan fingerprint density at radius 3 is 2.64 bits per heavy atom. The molecule has 0 aliphatic carbocycles. The van der Waals surface area contributed by atoms with Crippen molar-refractivity contribution >= 4 is 7.82 Å². The lowest BCUT2D eigenvalue weighted by Crippen LogP contribution is -2.26. The zero-order valence-corrected chi connectivity index (χ0v) is 6.37. The Bertz CT molecular complexity index is 289. The fourth-order valence-electron chi connectivity index (χ4n) is 1.36. The van der Waals surface area contributed by atoms with E-state index in [4.69, 9.17) is 18.3 Å². The van der Waals surface area contributed by atoms with Crippen LogP contribution in [0.25, 0.3) is 0 Å². The number of epoxide rings is 1. The summed E-state index contributed by atoms with van der Waals surface area (Å²) in [4.78, 5) is 0. The molecule has 0 N–H and O–H groups in total. The Labute approximate surface area is 62.5 Å². The van der Waals surface area contributed by atoms with Gasteiger partial charge >= 0.3 is 13.8 Å². The molecular formula is C5H5O5P. The van der Waals surface area contributed by atoms with Gasteiger partial charge in [-0.1, -0.05) is 6.08 Å². The van der Waals surface area contributed by atoms with E-state index < -0.39 is 19.6 Å². The molecule has 0 radical (unpaired) electrons. The molecule has 0 aromatic rings. The van der Waals surface area contributed by atoms with E-state index in [2.05, 4.69) is 6.58 Å². The summed E-state index contributed by atoms with van der Waals surface area (Å²) in [5, 5.41) is 0. The molecule has 1 spiro atoms. The van der Waals surface area contributed by atoms with Gasteiger partial charge in [-0.3, -0.25) is 4.74 Å². The molecule has 4 heterocycles. The molecular weight excluding hydrogens is 171 g/mol. The zero-order valence-electron chi connectivity index (χ0n) is 5.48. The molecule has 2 bridgehead atoms. The van der Waals surface area contributed by atoms with Crippen molar-refractivity contribution in [2.45, 2.75) is 18.2 Å². The summed E-state index contributed by atoms with van der Waals surface area (Å²) in [7, 11) is -3.18. The average molecular weight is 176 g/mol. The van der Waals surface area contributed by atoms with Crippen LogP contribution in [0.15, 0.2) is 12.7 Å². The SMILES string of the molecule is C=CCC12OC13OP(=O)(O2)O3. The summed E-state index contributed by atoms with van der Waals surface area (Å²) >= 11 is 0. The number of phosphoric acid groups is 1. The van der Waals surface area contributed by atoms with Gasteiger partial charge in [-0.25, -0.2) is 18.1 Å². The molecule has 1 atom stereocenters. The van der Waals surface area contributed by atoms with Gasteiger partial charge in [0.05, 0.1) is 0 Å². The van der Waals surface area contributed by atoms with Crippen LogP contribution in [-0.4, -0.2) is 11.8 Å². The number of hydrogen-bond acceptors (Lipinski definition) is 5. The third-order valence-corrected chi connectivity index (χ3v) is 3.31. The van der Waals surface area contributed by atoms with Gasteiger partial charge in [0.15, 0.2) is 0 Å². The van der Waals surface area contributed by atoms with Gasteiger partial charge in [-0.15, -0.1) is 6.58 Å². The van der Waals surface area contributed by atoms with E-state index in [0.717, 1.165) is 0 Å². The minimum atomic E-state index is -3.18. The monoisotopic (exact) mass is 176 g/mol. The molecule has 4 saturated heterocycles. The van der Waals surface area contributed by atoms with E-state index in [1.54, 1.807) is 6.08 Å². The van der Waals surface area contributed by atoms with Crippen molar-refractivity contribution in [3.05, 3.63) is 12.7 Å². The summed E-state index contributed by atoms with van der Waals surface area (Å²) in [6.45, 7) is 3.51. The maximum Gasteiger partial charge on any atom is 0.486 e. The van der Waals surface area contributed by atoms with E-state index >= 15 is 0 Å². The van der Waals surface area contributed by atoms with Crippen LogP contribution in [0.4, 0.5) is 0 Å². The highest BCUT2D eigenvalue weighted by Crippen LogP contribution is 2.87. The Kier molecular flexibility index (Phi) is 0.774. The topological polar surface area (TPSA) is 57.3 Å². The van der Waals surface area contributed by atoms with Crippen molar-refractivity contribution in [3.63, 3.8) is 0 Å². The lowest BCUT2D eigenvalue weighted by molar-refractivity contribution is -0.194. The lowest BCUT2D eigenvalue weighted by Gasteiger charge is -2.22. The fraction of sp³-hybridized carbons (Fsp3) is 0.600. The summed E-state index contributed by atoms with van der Waals surface area (Å²) in [6.07, 6.45) is 2.03. The van der Waals surface area contributed by atoms with E-state index in [1.807, 2.05) is 0 Å². The molecule has 4 aliphatic heterocycles. The van der Waals surface area contributed by atoms with E-state index in [-0.39, 0.29) is 0 Å². The molecule has 0 amide bonds. The molecule has 11 heavy (non-hydrogen) atoms. The second-order valence-corrected chi connectivity index (χ2v) is 4.07. The second kappa shape index (κ2) is 1.34. The summed E-state index contributed by atoms with van der Waals surface area (Å²) in [6, 6.07) is 0. The Morgan fingerprint density at radius 1 is 1.45 bits per heavy atom. The standard InChI is InChI=1S/C5H5O5P/c1-2-3-4-5(7-4)9-11(6,8-4)10-5/h2H,1,3H2. The van der Waals surface area contributed by atoms with Crippen LogP contribution < -0.4 is 0 Å². The highest BCUT2D eigenvalue weighted by atomic mass is 31.2. The summed E-state index contributed by atoms with van der Waals surface area (Å²) in [5.41, 5.74) is 0. The molecule has 4 aliphatic rings. The van der Waals surface area contributed by atoms with Gasteiger partial charge in [0.25, 0.3) is 5.79 Å². The molecule has 4 fully saturated rings.